The molecule has 17 heavy (non-hydrogen) atoms. The molecule has 1 rings (SSSR count). The molecule has 0 aliphatic carbocycles. The van der Waals surface area contributed by atoms with Gasteiger partial charge in [-0.1, -0.05) is 49.7 Å². The van der Waals surface area contributed by atoms with Crippen molar-refractivity contribution in [1.29, 1.82) is 0 Å². The van der Waals surface area contributed by atoms with Crippen LogP contribution in [0.4, 0.5) is 5.69 Å². The van der Waals surface area contributed by atoms with E-state index in [1.54, 1.807) is 0 Å². The number of halogens is 1. The molecule has 0 bridgehead atoms. The second-order valence-corrected chi connectivity index (χ2v) is 6.53. The smallest absolute Gasteiger partial charge is 0.0353 e. The number of hydrogen-bond donors (Lipinski definition) is 1. The van der Waals surface area contributed by atoms with Gasteiger partial charge in [0.2, 0.25) is 0 Å². The first kappa shape index (κ1) is 14.6. The van der Waals surface area contributed by atoms with Gasteiger partial charge < -0.3 is 5.32 Å². The van der Waals surface area contributed by atoms with Gasteiger partial charge in [-0.2, -0.15) is 0 Å². The Morgan fingerprint density at radius 1 is 1.06 bits per heavy atom. The molecule has 0 saturated heterocycles. The van der Waals surface area contributed by atoms with Crippen molar-refractivity contribution in [3.8, 4) is 0 Å². The second kappa shape index (κ2) is 7.05. The van der Waals surface area contributed by atoms with E-state index in [0.717, 1.165) is 16.3 Å². The van der Waals surface area contributed by atoms with E-state index in [2.05, 4.69) is 73.2 Å². The summed E-state index contributed by atoms with van der Waals surface area (Å²) in [5, 5.41) is 3.65. The minimum Gasteiger partial charge on any atom is -0.382 e. The maximum absolute atomic E-state index is 3.65. The molecule has 96 valence electrons. The molecule has 0 amide bonds. The minimum atomic E-state index is 0.573. The highest BCUT2D eigenvalue weighted by molar-refractivity contribution is 9.10. The first-order valence-electron chi connectivity index (χ1n) is 6.49. The van der Waals surface area contributed by atoms with Crippen molar-refractivity contribution in [2.45, 2.75) is 46.6 Å². The summed E-state index contributed by atoms with van der Waals surface area (Å²) in [4.78, 5) is 0. The molecule has 1 N–H and O–H groups in total. The van der Waals surface area contributed by atoms with Gasteiger partial charge in [0, 0.05) is 16.2 Å². The number of rotatable bonds is 6. The van der Waals surface area contributed by atoms with Gasteiger partial charge in [-0.25, -0.2) is 0 Å². The van der Waals surface area contributed by atoms with Crippen LogP contribution in [0.2, 0.25) is 0 Å². The van der Waals surface area contributed by atoms with E-state index in [-0.39, 0.29) is 0 Å². The van der Waals surface area contributed by atoms with Crippen molar-refractivity contribution < 1.29 is 0 Å². The molecular formula is C15H24BrN. The lowest BCUT2D eigenvalue weighted by Gasteiger charge is -2.23. The third-order valence-corrected chi connectivity index (χ3v) is 3.20. The van der Waals surface area contributed by atoms with Crippen molar-refractivity contribution in [1.82, 2.24) is 0 Å². The Balaban J connectivity index is 2.64. The summed E-state index contributed by atoms with van der Waals surface area (Å²) in [7, 11) is 0. The van der Waals surface area contributed by atoms with Gasteiger partial charge in [0.25, 0.3) is 0 Å². The van der Waals surface area contributed by atoms with E-state index in [1.165, 1.54) is 18.5 Å². The van der Waals surface area contributed by atoms with Crippen LogP contribution in [0.25, 0.3) is 0 Å². The molecule has 0 aliphatic heterocycles. The summed E-state index contributed by atoms with van der Waals surface area (Å²) in [6.45, 7) is 9.15. The Kier molecular flexibility index (Phi) is 6.04. The Labute approximate surface area is 114 Å². The van der Waals surface area contributed by atoms with Gasteiger partial charge in [0.05, 0.1) is 0 Å². The monoisotopic (exact) mass is 297 g/mol. The lowest BCUT2D eigenvalue weighted by molar-refractivity contribution is 0.442. The summed E-state index contributed by atoms with van der Waals surface area (Å²) in [5.74, 6) is 1.47. The molecular weight excluding hydrogens is 274 g/mol. The predicted molar refractivity (Wildman–Crippen MR) is 80.5 cm³/mol. The van der Waals surface area contributed by atoms with Crippen LogP contribution < -0.4 is 5.32 Å². The third-order valence-electron chi connectivity index (χ3n) is 2.71. The summed E-state index contributed by atoms with van der Waals surface area (Å²) in [5.41, 5.74) is 1.21. The van der Waals surface area contributed by atoms with Crippen LogP contribution in [-0.4, -0.2) is 6.04 Å². The third kappa shape index (κ3) is 6.11. The highest BCUT2D eigenvalue weighted by Gasteiger charge is 2.12. The SMILES string of the molecule is CC(C)CC(CC(C)C)Nc1cccc(Br)c1. The fourth-order valence-electron chi connectivity index (χ4n) is 2.17. The van der Waals surface area contributed by atoms with Gasteiger partial charge in [-0.05, 0) is 42.9 Å². The van der Waals surface area contributed by atoms with Crippen molar-refractivity contribution in [3.63, 3.8) is 0 Å². The summed E-state index contributed by atoms with van der Waals surface area (Å²) in [6, 6.07) is 9.00. The summed E-state index contributed by atoms with van der Waals surface area (Å²) in [6.07, 6.45) is 2.45. The quantitative estimate of drug-likeness (QED) is 0.749. The van der Waals surface area contributed by atoms with Gasteiger partial charge in [-0.15, -0.1) is 0 Å². The van der Waals surface area contributed by atoms with Crippen LogP contribution in [0.5, 0.6) is 0 Å². The van der Waals surface area contributed by atoms with E-state index >= 15 is 0 Å². The number of anilines is 1. The van der Waals surface area contributed by atoms with Crippen molar-refractivity contribution in [2.75, 3.05) is 5.32 Å². The lowest BCUT2D eigenvalue weighted by atomic mass is 9.95. The first-order valence-corrected chi connectivity index (χ1v) is 7.28. The van der Waals surface area contributed by atoms with E-state index < -0.39 is 0 Å². The van der Waals surface area contributed by atoms with Gasteiger partial charge in [0.1, 0.15) is 0 Å². The van der Waals surface area contributed by atoms with Crippen LogP contribution in [0.15, 0.2) is 28.7 Å². The van der Waals surface area contributed by atoms with Crippen LogP contribution in [-0.2, 0) is 0 Å². The van der Waals surface area contributed by atoms with Crippen molar-refractivity contribution in [2.24, 2.45) is 11.8 Å². The molecule has 0 aromatic heterocycles. The van der Waals surface area contributed by atoms with E-state index in [9.17, 15) is 0 Å². The second-order valence-electron chi connectivity index (χ2n) is 5.61. The standard InChI is InChI=1S/C15H24BrN/c1-11(2)8-15(9-12(3)4)17-14-7-5-6-13(16)10-14/h5-7,10-12,15,17H,8-9H2,1-4H3. The fraction of sp³-hybridized carbons (Fsp3) is 0.600. The van der Waals surface area contributed by atoms with Crippen molar-refractivity contribution in [3.05, 3.63) is 28.7 Å². The zero-order valence-corrected chi connectivity index (χ0v) is 12.9. The Hall–Kier alpha value is -0.500. The number of benzene rings is 1. The molecule has 0 saturated carbocycles. The normalized spacial score (nSPS) is 11.5. The molecule has 0 unspecified atom stereocenters. The molecule has 0 heterocycles. The van der Waals surface area contributed by atoms with Crippen LogP contribution in [0.3, 0.4) is 0 Å². The van der Waals surface area contributed by atoms with E-state index in [0.29, 0.717) is 6.04 Å². The number of hydrogen-bond acceptors (Lipinski definition) is 1. The summed E-state index contributed by atoms with van der Waals surface area (Å²) >= 11 is 3.51. The van der Waals surface area contributed by atoms with E-state index in [1.807, 2.05) is 0 Å². The maximum atomic E-state index is 3.65. The van der Waals surface area contributed by atoms with Gasteiger partial charge in [0.15, 0.2) is 0 Å². The Bertz CT molecular complexity index is 323. The largest absolute Gasteiger partial charge is 0.382 e. The molecule has 0 atom stereocenters. The van der Waals surface area contributed by atoms with Crippen LogP contribution >= 0.6 is 15.9 Å². The molecule has 0 spiro atoms. The van der Waals surface area contributed by atoms with Crippen molar-refractivity contribution >= 4 is 21.6 Å². The molecule has 1 aromatic rings. The maximum Gasteiger partial charge on any atom is 0.0353 e. The highest BCUT2D eigenvalue weighted by Crippen LogP contribution is 2.21. The zero-order valence-electron chi connectivity index (χ0n) is 11.3. The molecule has 1 nitrogen and oxygen atoms in total. The van der Waals surface area contributed by atoms with Crippen LogP contribution in [0.1, 0.15) is 40.5 Å². The highest BCUT2D eigenvalue weighted by atomic mass is 79.9. The summed E-state index contributed by atoms with van der Waals surface area (Å²) < 4.78 is 1.13. The Morgan fingerprint density at radius 3 is 2.12 bits per heavy atom. The minimum absolute atomic E-state index is 0.573. The average Bonchev–Trinajstić information content (AvgIpc) is 2.14. The predicted octanol–water partition coefficient (Wildman–Crippen LogP) is 5.32. The lowest BCUT2D eigenvalue weighted by Crippen LogP contribution is -2.23. The molecule has 0 aliphatic rings. The first-order chi connectivity index (χ1) is 7.97. The topological polar surface area (TPSA) is 12.0 Å². The number of nitrogens with one attached hydrogen (secondary N) is 1. The molecule has 2 heteroatoms. The molecule has 0 radical (unpaired) electrons. The fourth-order valence-corrected chi connectivity index (χ4v) is 2.57. The van der Waals surface area contributed by atoms with Gasteiger partial charge >= 0.3 is 0 Å². The van der Waals surface area contributed by atoms with E-state index in [4.69, 9.17) is 0 Å². The van der Waals surface area contributed by atoms with Gasteiger partial charge in [-0.3, -0.25) is 0 Å². The zero-order chi connectivity index (χ0) is 12.8. The Morgan fingerprint density at radius 2 is 1.65 bits per heavy atom. The van der Waals surface area contributed by atoms with Crippen LogP contribution in [0, 0.1) is 11.8 Å². The average molecular weight is 298 g/mol. The molecule has 1 aromatic carbocycles. The molecule has 0 fully saturated rings.